The maximum Gasteiger partial charge on any atom is 0.254 e. The largest absolute Gasteiger partial charge is 0.389 e. The Morgan fingerprint density at radius 1 is 1.06 bits per heavy atom. The lowest BCUT2D eigenvalue weighted by Crippen LogP contribution is -2.33. The highest BCUT2D eigenvalue weighted by molar-refractivity contribution is 5.97. The number of carbonyl (C=O) groups excluding carboxylic acids is 1. The first-order valence-electron chi connectivity index (χ1n) is 11.9. The summed E-state index contributed by atoms with van der Waals surface area (Å²) in [6.07, 6.45) is 7.26. The fraction of sp³-hybridized carbons (Fsp3) is 0.536. The van der Waals surface area contributed by atoms with E-state index < -0.39 is 0 Å². The minimum atomic E-state index is 0.120. The molecule has 0 fully saturated rings. The predicted molar refractivity (Wildman–Crippen MR) is 135 cm³/mol. The Morgan fingerprint density at radius 3 is 2.26 bits per heavy atom. The fourth-order valence-corrected chi connectivity index (χ4v) is 3.34. The van der Waals surface area contributed by atoms with E-state index in [4.69, 9.17) is 0 Å². The predicted octanol–water partition coefficient (Wildman–Crippen LogP) is 6.95. The zero-order valence-corrected chi connectivity index (χ0v) is 21.1. The Hall–Kier alpha value is -2.29. The summed E-state index contributed by atoms with van der Waals surface area (Å²) in [6.45, 7) is 19.3. The highest BCUT2D eigenvalue weighted by Crippen LogP contribution is 2.20. The van der Waals surface area contributed by atoms with Crippen LogP contribution in [0.5, 0.6) is 0 Å². The number of hydrogen-bond acceptors (Lipinski definition) is 2. The minimum Gasteiger partial charge on any atom is -0.389 e. The molecule has 1 unspecified atom stereocenters. The van der Waals surface area contributed by atoms with Crippen LogP contribution < -0.4 is 5.32 Å². The van der Waals surface area contributed by atoms with Crippen LogP contribution in [0.4, 0.5) is 0 Å². The van der Waals surface area contributed by atoms with Gasteiger partial charge in [0.15, 0.2) is 0 Å². The Bertz CT molecular complexity index is 784. The van der Waals surface area contributed by atoms with Crippen molar-refractivity contribution in [3.05, 3.63) is 70.0 Å². The van der Waals surface area contributed by atoms with Gasteiger partial charge in [-0.05, 0) is 70.6 Å². The van der Waals surface area contributed by atoms with Crippen molar-refractivity contribution < 1.29 is 4.79 Å². The van der Waals surface area contributed by atoms with Crippen LogP contribution in [0.3, 0.4) is 0 Å². The van der Waals surface area contributed by atoms with E-state index >= 15 is 0 Å². The third-order valence-electron chi connectivity index (χ3n) is 5.86. The summed E-state index contributed by atoms with van der Waals surface area (Å²) < 4.78 is 0. The van der Waals surface area contributed by atoms with Gasteiger partial charge in [0.2, 0.25) is 0 Å². The van der Waals surface area contributed by atoms with Gasteiger partial charge in [-0.15, -0.1) is 0 Å². The van der Waals surface area contributed by atoms with Crippen LogP contribution in [0.2, 0.25) is 0 Å². The summed E-state index contributed by atoms with van der Waals surface area (Å²) in [7, 11) is 0. The van der Waals surface area contributed by atoms with Crippen molar-refractivity contribution in [3.63, 3.8) is 0 Å². The Balaban J connectivity index is 3.35. The maximum absolute atomic E-state index is 13.8. The fourth-order valence-electron chi connectivity index (χ4n) is 3.34. The van der Waals surface area contributed by atoms with E-state index in [-0.39, 0.29) is 5.91 Å². The summed E-state index contributed by atoms with van der Waals surface area (Å²) in [5.74, 6) is 0.723. The van der Waals surface area contributed by atoms with E-state index in [0.717, 1.165) is 49.2 Å². The van der Waals surface area contributed by atoms with Gasteiger partial charge in [-0.25, -0.2) is 0 Å². The van der Waals surface area contributed by atoms with Gasteiger partial charge in [0.1, 0.15) is 0 Å². The molecule has 0 saturated heterocycles. The molecular formula is C28H44N2O. The average molecular weight is 425 g/mol. The molecule has 0 aliphatic rings. The van der Waals surface area contributed by atoms with Crippen molar-refractivity contribution in [2.75, 3.05) is 13.1 Å². The van der Waals surface area contributed by atoms with Crippen molar-refractivity contribution in [3.8, 4) is 0 Å². The molecular weight excluding hydrogens is 380 g/mol. The molecule has 1 atom stereocenters. The van der Waals surface area contributed by atoms with Crippen LogP contribution in [0.1, 0.15) is 78.9 Å². The smallest absolute Gasteiger partial charge is 0.254 e. The quantitative estimate of drug-likeness (QED) is 0.291. The van der Waals surface area contributed by atoms with Gasteiger partial charge in [0.25, 0.3) is 5.91 Å². The van der Waals surface area contributed by atoms with Crippen molar-refractivity contribution in [1.29, 1.82) is 0 Å². The number of allylic oxidation sites excluding steroid dienone is 4. The molecule has 31 heavy (non-hydrogen) atoms. The molecule has 1 rings (SSSR count). The first-order valence-corrected chi connectivity index (χ1v) is 11.9. The lowest BCUT2D eigenvalue weighted by Gasteiger charge is -2.26. The van der Waals surface area contributed by atoms with Gasteiger partial charge < -0.3 is 10.2 Å². The third kappa shape index (κ3) is 9.59. The summed E-state index contributed by atoms with van der Waals surface area (Å²) in [5, 5.41) is 3.34. The Labute approximate surface area is 191 Å². The highest BCUT2D eigenvalue weighted by Gasteiger charge is 2.20. The number of nitrogens with zero attached hydrogens (tertiary/aromatic N) is 1. The average Bonchev–Trinajstić information content (AvgIpc) is 2.75. The minimum absolute atomic E-state index is 0.120. The van der Waals surface area contributed by atoms with Crippen LogP contribution in [0, 0.1) is 12.8 Å². The van der Waals surface area contributed by atoms with Gasteiger partial charge in [0, 0.05) is 30.9 Å². The molecule has 0 aromatic heterocycles. The van der Waals surface area contributed by atoms with Crippen LogP contribution in [0.15, 0.2) is 58.8 Å². The second-order valence-corrected chi connectivity index (χ2v) is 8.81. The zero-order valence-electron chi connectivity index (χ0n) is 21.1. The number of nitrogens with one attached hydrogen (secondary N) is 1. The summed E-state index contributed by atoms with van der Waals surface area (Å²) >= 11 is 0. The van der Waals surface area contributed by atoms with E-state index in [2.05, 4.69) is 90.2 Å². The van der Waals surface area contributed by atoms with Crippen LogP contribution in [0.25, 0.3) is 0 Å². The molecule has 1 aromatic rings. The van der Waals surface area contributed by atoms with E-state index in [1.165, 1.54) is 16.7 Å². The molecule has 0 saturated carbocycles. The van der Waals surface area contributed by atoms with E-state index in [0.29, 0.717) is 12.5 Å². The normalized spacial score (nSPS) is 14.2. The molecule has 0 spiro atoms. The molecule has 0 radical (unpaired) electrons. The van der Waals surface area contributed by atoms with Gasteiger partial charge in [-0.3, -0.25) is 4.79 Å². The van der Waals surface area contributed by atoms with Crippen LogP contribution in [-0.2, 0) is 11.3 Å². The number of rotatable bonds is 12. The molecule has 0 aliphatic carbocycles. The van der Waals surface area contributed by atoms with Gasteiger partial charge in [-0.1, -0.05) is 68.7 Å². The lowest BCUT2D eigenvalue weighted by atomic mass is 10.0. The molecule has 3 nitrogen and oxygen atoms in total. The van der Waals surface area contributed by atoms with E-state index in [9.17, 15) is 4.79 Å². The molecule has 1 aromatic carbocycles. The molecule has 0 aliphatic heterocycles. The Morgan fingerprint density at radius 2 is 1.71 bits per heavy atom. The monoisotopic (exact) mass is 424 g/mol. The number of amides is 1. The molecule has 3 heteroatoms. The number of aryl methyl sites for hydroxylation is 1. The van der Waals surface area contributed by atoms with Gasteiger partial charge in [-0.2, -0.15) is 0 Å². The second-order valence-electron chi connectivity index (χ2n) is 8.81. The highest BCUT2D eigenvalue weighted by atomic mass is 16.2. The first kappa shape index (κ1) is 26.7. The lowest BCUT2D eigenvalue weighted by molar-refractivity contribution is -0.127. The van der Waals surface area contributed by atoms with Crippen molar-refractivity contribution in [1.82, 2.24) is 10.2 Å². The summed E-state index contributed by atoms with van der Waals surface area (Å²) in [6, 6.07) is 8.52. The topological polar surface area (TPSA) is 32.3 Å². The molecule has 1 amide bonds. The second kappa shape index (κ2) is 13.9. The van der Waals surface area contributed by atoms with Crippen molar-refractivity contribution in [2.45, 2.75) is 81.2 Å². The molecule has 1 N–H and O–H groups in total. The molecule has 0 bridgehead atoms. The van der Waals surface area contributed by atoms with Crippen LogP contribution >= 0.6 is 0 Å². The van der Waals surface area contributed by atoms with Crippen molar-refractivity contribution in [2.24, 2.45) is 5.92 Å². The van der Waals surface area contributed by atoms with Gasteiger partial charge in [0.05, 0.1) is 0 Å². The SMILES string of the molecule is CCN/C(C)=C/C(C)=C(\C=C(\C)CC)C(=O)N(CCC(C)CC)Cc1ccc(C)cc1. The van der Waals surface area contributed by atoms with Gasteiger partial charge >= 0.3 is 0 Å². The number of benzene rings is 1. The third-order valence-corrected chi connectivity index (χ3v) is 5.86. The Kier molecular flexibility index (Phi) is 12.0. The maximum atomic E-state index is 13.8. The standard InChI is InChI=1S/C28H44N2O/c1-9-21(4)16-17-30(20-26-14-12-23(6)13-15-26)28(31)27(18-22(5)10-2)24(7)19-25(8)29-11-3/h12-15,18-19,21,29H,9-11,16-17,20H2,1-8H3/b22-18-,25-19+,27-24+. The zero-order chi connectivity index (χ0) is 23.4. The van der Waals surface area contributed by atoms with E-state index in [1.807, 2.05) is 11.8 Å². The van der Waals surface area contributed by atoms with Crippen LogP contribution in [-0.4, -0.2) is 23.9 Å². The first-order chi connectivity index (χ1) is 14.7. The summed E-state index contributed by atoms with van der Waals surface area (Å²) in [4.78, 5) is 15.9. The molecule has 0 heterocycles. The van der Waals surface area contributed by atoms with Crippen molar-refractivity contribution >= 4 is 5.91 Å². The summed E-state index contributed by atoms with van der Waals surface area (Å²) in [5.41, 5.74) is 6.52. The molecule has 172 valence electrons. The number of carbonyl (C=O) groups is 1. The van der Waals surface area contributed by atoms with E-state index in [1.54, 1.807) is 0 Å². The number of hydrogen-bond donors (Lipinski definition) is 1.